The van der Waals surface area contributed by atoms with Crippen molar-refractivity contribution in [3.8, 4) is 5.75 Å². The van der Waals surface area contributed by atoms with Gasteiger partial charge in [0.2, 0.25) is 0 Å². The Balaban J connectivity index is 0.00000289. The van der Waals surface area contributed by atoms with Crippen molar-refractivity contribution >= 4 is 57.6 Å². The lowest BCUT2D eigenvalue weighted by Crippen LogP contribution is -2.26. The number of aliphatic hydroxyl groups excluding tert-OH is 1. The van der Waals surface area contributed by atoms with E-state index in [1.807, 2.05) is 12.1 Å². The molecular formula is C12H18ClI2NO2. The zero-order valence-electron chi connectivity index (χ0n) is 10.1. The summed E-state index contributed by atoms with van der Waals surface area (Å²) in [4.78, 5) is 0. The van der Waals surface area contributed by atoms with Crippen LogP contribution in [0.4, 0.5) is 0 Å². The molecule has 0 radical (unpaired) electrons. The van der Waals surface area contributed by atoms with Crippen molar-refractivity contribution in [1.82, 2.24) is 0 Å². The van der Waals surface area contributed by atoms with Crippen molar-refractivity contribution in [3.63, 3.8) is 0 Å². The average Bonchev–Trinajstić information content (AvgIpc) is 2.31. The molecule has 1 aromatic carbocycles. The van der Waals surface area contributed by atoms with E-state index in [4.69, 9.17) is 5.73 Å². The largest absolute Gasteiger partial charge is 0.506 e. The highest BCUT2D eigenvalue weighted by Gasteiger charge is 2.18. The van der Waals surface area contributed by atoms with Crippen molar-refractivity contribution in [2.75, 3.05) is 0 Å². The number of unbranched alkanes of at least 4 members (excludes halogenated alkanes) is 1. The van der Waals surface area contributed by atoms with Gasteiger partial charge in [0, 0.05) is 0 Å². The van der Waals surface area contributed by atoms with Gasteiger partial charge in [-0.25, -0.2) is 0 Å². The maximum atomic E-state index is 9.96. The zero-order valence-corrected chi connectivity index (χ0v) is 15.2. The molecule has 0 saturated carbocycles. The van der Waals surface area contributed by atoms with Crippen LogP contribution in [0.25, 0.3) is 0 Å². The molecule has 0 aromatic heterocycles. The molecule has 3 nitrogen and oxygen atoms in total. The summed E-state index contributed by atoms with van der Waals surface area (Å²) in [7, 11) is 0. The summed E-state index contributed by atoms with van der Waals surface area (Å²) in [5, 5.41) is 19.6. The minimum absolute atomic E-state index is 0. The third-order valence-corrected chi connectivity index (χ3v) is 4.34. The molecule has 0 aliphatic carbocycles. The molecule has 0 unspecified atom stereocenters. The van der Waals surface area contributed by atoms with Crippen LogP contribution in [0.5, 0.6) is 5.75 Å². The molecule has 0 spiro atoms. The van der Waals surface area contributed by atoms with Gasteiger partial charge in [0.05, 0.1) is 19.3 Å². The van der Waals surface area contributed by atoms with Gasteiger partial charge in [-0.15, -0.1) is 12.4 Å². The molecule has 0 aliphatic rings. The zero-order chi connectivity index (χ0) is 13.0. The Morgan fingerprint density at radius 1 is 1.28 bits per heavy atom. The van der Waals surface area contributed by atoms with Crippen LogP contribution in [0.1, 0.15) is 37.8 Å². The first kappa shape index (κ1) is 18.7. The van der Waals surface area contributed by atoms with Crippen molar-refractivity contribution < 1.29 is 10.2 Å². The maximum absolute atomic E-state index is 9.96. The van der Waals surface area contributed by atoms with Gasteiger partial charge in [0.1, 0.15) is 5.75 Å². The lowest BCUT2D eigenvalue weighted by atomic mass is 9.98. The van der Waals surface area contributed by atoms with Crippen LogP contribution < -0.4 is 5.73 Å². The maximum Gasteiger partial charge on any atom is 0.142 e. The number of halogens is 3. The van der Waals surface area contributed by atoms with Crippen molar-refractivity contribution in [1.29, 1.82) is 0 Å². The van der Waals surface area contributed by atoms with E-state index in [-0.39, 0.29) is 24.2 Å². The van der Waals surface area contributed by atoms with E-state index in [1.165, 1.54) is 0 Å². The Bertz CT molecular complexity index is 367. The molecule has 0 saturated heterocycles. The topological polar surface area (TPSA) is 66.5 Å². The number of hydrogen-bond donors (Lipinski definition) is 3. The fourth-order valence-electron chi connectivity index (χ4n) is 1.59. The monoisotopic (exact) mass is 497 g/mol. The SMILES string of the molecule is CCCC[C@H](O)[C@H](N)c1cc(I)c(O)c(I)c1.Cl. The second-order valence-electron chi connectivity index (χ2n) is 4.07. The Morgan fingerprint density at radius 2 is 1.78 bits per heavy atom. The van der Waals surface area contributed by atoms with Crippen LogP contribution in [0.15, 0.2) is 12.1 Å². The Hall–Kier alpha value is 0.690. The van der Waals surface area contributed by atoms with E-state index in [9.17, 15) is 10.2 Å². The van der Waals surface area contributed by atoms with Gasteiger partial charge in [-0.1, -0.05) is 19.8 Å². The van der Waals surface area contributed by atoms with Crippen molar-refractivity contribution in [3.05, 3.63) is 24.8 Å². The highest BCUT2D eigenvalue weighted by molar-refractivity contribution is 14.1. The van der Waals surface area contributed by atoms with Gasteiger partial charge in [-0.3, -0.25) is 0 Å². The second kappa shape index (κ2) is 8.78. The summed E-state index contributed by atoms with van der Waals surface area (Å²) >= 11 is 4.14. The first-order valence-corrected chi connectivity index (χ1v) is 7.74. The van der Waals surface area contributed by atoms with Crippen LogP contribution in [0.3, 0.4) is 0 Å². The van der Waals surface area contributed by atoms with E-state index >= 15 is 0 Å². The average molecular weight is 498 g/mol. The molecule has 4 N–H and O–H groups in total. The predicted molar refractivity (Wildman–Crippen MR) is 93.2 cm³/mol. The minimum atomic E-state index is -0.522. The molecule has 0 aliphatic heterocycles. The van der Waals surface area contributed by atoms with Crippen molar-refractivity contribution in [2.24, 2.45) is 5.73 Å². The molecule has 0 bridgehead atoms. The van der Waals surface area contributed by atoms with Gasteiger partial charge in [-0.2, -0.15) is 0 Å². The molecule has 6 heteroatoms. The van der Waals surface area contributed by atoms with E-state index in [1.54, 1.807) is 0 Å². The standard InChI is InChI=1S/C12H17I2NO2.ClH/c1-2-3-4-10(16)11(15)7-5-8(13)12(17)9(14)6-7;/h5-6,10-11,16-17H,2-4,15H2,1H3;1H/t10-,11+;/m0./s1. The predicted octanol–water partition coefficient (Wildman–Crippen LogP) is 3.57. The fraction of sp³-hybridized carbons (Fsp3) is 0.500. The number of aromatic hydroxyl groups is 1. The molecule has 0 heterocycles. The van der Waals surface area contributed by atoms with Gasteiger partial charge in [-0.05, 0) is 69.3 Å². The van der Waals surface area contributed by atoms with E-state index in [0.29, 0.717) is 6.42 Å². The molecular weight excluding hydrogens is 479 g/mol. The third-order valence-electron chi connectivity index (χ3n) is 2.69. The molecule has 0 amide bonds. The highest BCUT2D eigenvalue weighted by atomic mass is 127. The molecule has 0 fully saturated rings. The van der Waals surface area contributed by atoms with Gasteiger partial charge < -0.3 is 15.9 Å². The molecule has 2 atom stereocenters. The quantitative estimate of drug-likeness (QED) is 0.545. The smallest absolute Gasteiger partial charge is 0.142 e. The fourth-order valence-corrected chi connectivity index (χ4v) is 3.41. The summed E-state index contributed by atoms with van der Waals surface area (Å²) in [5.74, 6) is 0.283. The van der Waals surface area contributed by atoms with Crippen LogP contribution >= 0.6 is 57.6 Å². The number of aliphatic hydroxyl groups is 1. The number of nitrogens with two attached hydrogens (primary N) is 1. The first-order chi connectivity index (χ1) is 7.97. The Kier molecular flexibility index (Phi) is 9.12. The summed E-state index contributed by atoms with van der Waals surface area (Å²) in [5.41, 5.74) is 6.90. The first-order valence-electron chi connectivity index (χ1n) is 5.59. The summed E-state index contributed by atoms with van der Waals surface area (Å²) in [6.45, 7) is 2.09. The highest BCUT2D eigenvalue weighted by Crippen LogP contribution is 2.30. The van der Waals surface area contributed by atoms with Crippen LogP contribution in [0.2, 0.25) is 0 Å². The number of benzene rings is 1. The third kappa shape index (κ3) is 4.99. The van der Waals surface area contributed by atoms with E-state index in [0.717, 1.165) is 25.5 Å². The number of hydrogen-bond acceptors (Lipinski definition) is 3. The summed E-state index contributed by atoms with van der Waals surface area (Å²) < 4.78 is 1.53. The normalized spacial score (nSPS) is 13.8. The summed E-state index contributed by atoms with van der Waals surface area (Å²) in [6, 6.07) is 3.28. The number of phenolic OH excluding ortho intramolecular Hbond substituents is 1. The minimum Gasteiger partial charge on any atom is -0.506 e. The Labute approximate surface area is 141 Å². The summed E-state index contributed by atoms with van der Waals surface area (Å²) in [6.07, 6.45) is 2.22. The van der Waals surface area contributed by atoms with E-state index in [2.05, 4.69) is 52.1 Å². The van der Waals surface area contributed by atoms with Crippen LogP contribution in [0, 0.1) is 7.14 Å². The van der Waals surface area contributed by atoms with E-state index < -0.39 is 6.10 Å². The van der Waals surface area contributed by atoms with Gasteiger partial charge in [0.25, 0.3) is 0 Å². The Morgan fingerprint density at radius 3 is 2.22 bits per heavy atom. The molecule has 1 aromatic rings. The lowest BCUT2D eigenvalue weighted by Gasteiger charge is -2.20. The van der Waals surface area contributed by atoms with Crippen molar-refractivity contribution in [2.45, 2.75) is 38.3 Å². The molecule has 1 rings (SSSR count). The van der Waals surface area contributed by atoms with Gasteiger partial charge in [0.15, 0.2) is 0 Å². The van der Waals surface area contributed by atoms with Crippen LogP contribution in [-0.4, -0.2) is 16.3 Å². The molecule has 104 valence electrons. The number of rotatable bonds is 5. The van der Waals surface area contributed by atoms with Gasteiger partial charge >= 0.3 is 0 Å². The van der Waals surface area contributed by atoms with Crippen LogP contribution in [-0.2, 0) is 0 Å². The number of phenols is 1. The lowest BCUT2D eigenvalue weighted by molar-refractivity contribution is 0.132. The second-order valence-corrected chi connectivity index (χ2v) is 6.39. The molecule has 18 heavy (non-hydrogen) atoms.